The molecule has 21 heavy (non-hydrogen) atoms. The van der Waals surface area contributed by atoms with Crippen molar-refractivity contribution in [3.63, 3.8) is 0 Å². The van der Waals surface area contributed by atoms with Gasteiger partial charge in [-0.3, -0.25) is 4.79 Å². The van der Waals surface area contributed by atoms with Gasteiger partial charge in [-0.2, -0.15) is 0 Å². The number of aliphatic hydroxyl groups excluding tert-OH is 1. The molecule has 1 fully saturated rings. The molecule has 0 saturated carbocycles. The largest absolute Gasteiger partial charge is 0.396 e. The normalized spacial score (nSPS) is 18.1. The zero-order valence-corrected chi connectivity index (χ0v) is 14.5. The number of aliphatic hydroxyl groups is 1. The second-order valence-corrected chi connectivity index (χ2v) is 8.20. The van der Waals surface area contributed by atoms with Gasteiger partial charge in [-0.25, -0.2) is 0 Å². The van der Waals surface area contributed by atoms with Gasteiger partial charge in [-0.1, -0.05) is 34.6 Å². The van der Waals surface area contributed by atoms with Gasteiger partial charge in [0.05, 0.1) is 0 Å². The smallest absolute Gasteiger partial charge is 0.227 e. The van der Waals surface area contributed by atoms with Gasteiger partial charge in [0.25, 0.3) is 0 Å². The van der Waals surface area contributed by atoms with Gasteiger partial charge in [-0.15, -0.1) is 0 Å². The van der Waals surface area contributed by atoms with E-state index in [0.717, 1.165) is 45.3 Å². The van der Waals surface area contributed by atoms with Crippen molar-refractivity contribution in [3.8, 4) is 0 Å². The summed E-state index contributed by atoms with van der Waals surface area (Å²) in [7, 11) is 0. The van der Waals surface area contributed by atoms with Crippen LogP contribution in [0, 0.1) is 10.8 Å². The lowest BCUT2D eigenvalue weighted by Gasteiger charge is -2.36. The molecular formula is C17H34N2O2. The molecule has 0 aromatic heterocycles. The van der Waals surface area contributed by atoms with Crippen molar-refractivity contribution < 1.29 is 9.90 Å². The Labute approximate surface area is 130 Å². The number of piperidine rings is 1. The standard InChI is InChI=1S/C17H34N2O2/c1-16(2,3)15(21)19-11-7-14(8-12-19)18-10-6-9-17(4,5)13-20/h14,18,20H,6-13H2,1-5H3. The molecule has 0 radical (unpaired) electrons. The zero-order valence-electron chi connectivity index (χ0n) is 14.5. The van der Waals surface area contributed by atoms with Crippen LogP contribution in [0.15, 0.2) is 0 Å². The number of nitrogens with zero attached hydrogens (tertiary/aromatic N) is 1. The number of hydrogen-bond acceptors (Lipinski definition) is 3. The molecule has 2 N–H and O–H groups in total. The lowest BCUT2D eigenvalue weighted by molar-refractivity contribution is -0.140. The van der Waals surface area contributed by atoms with Crippen molar-refractivity contribution in [1.82, 2.24) is 10.2 Å². The van der Waals surface area contributed by atoms with Crippen molar-refractivity contribution in [2.75, 3.05) is 26.2 Å². The minimum atomic E-state index is -0.268. The lowest BCUT2D eigenvalue weighted by Crippen LogP contribution is -2.48. The highest BCUT2D eigenvalue weighted by Gasteiger charge is 2.30. The Bertz CT molecular complexity index is 326. The van der Waals surface area contributed by atoms with Crippen LogP contribution in [0.25, 0.3) is 0 Å². The van der Waals surface area contributed by atoms with Crippen molar-refractivity contribution in [3.05, 3.63) is 0 Å². The van der Waals surface area contributed by atoms with E-state index in [-0.39, 0.29) is 23.3 Å². The van der Waals surface area contributed by atoms with Gasteiger partial charge in [0.2, 0.25) is 5.91 Å². The van der Waals surface area contributed by atoms with E-state index in [9.17, 15) is 9.90 Å². The summed E-state index contributed by atoms with van der Waals surface area (Å²) in [6.07, 6.45) is 4.23. The van der Waals surface area contributed by atoms with E-state index in [2.05, 4.69) is 19.2 Å². The molecule has 4 nitrogen and oxygen atoms in total. The van der Waals surface area contributed by atoms with Crippen LogP contribution in [0.4, 0.5) is 0 Å². The molecule has 0 atom stereocenters. The SMILES string of the molecule is CC(C)(CO)CCCNC1CCN(C(=O)C(C)(C)C)CC1. The number of hydrogen-bond donors (Lipinski definition) is 2. The Kier molecular flexibility index (Phi) is 6.67. The Morgan fingerprint density at radius 1 is 1.19 bits per heavy atom. The van der Waals surface area contributed by atoms with Crippen LogP contribution in [0.5, 0.6) is 0 Å². The van der Waals surface area contributed by atoms with E-state index in [0.29, 0.717) is 6.04 Å². The molecule has 1 rings (SSSR count). The molecule has 1 aliphatic rings. The first-order valence-electron chi connectivity index (χ1n) is 8.29. The number of carbonyl (C=O) groups is 1. The fraction of sp³-hybridized carbons (Fsp3) is 0.941. The minimum absolute atomic E-state index is 0.0319. The van der Waals surface area contributed by atoms with Crippen LogP contribution in [0.3, 0.4) is 0 Å². The molecule has 0 aromatic rings. The summed E-state index contributed by atoms with van der Waals surface area (Å²) >= 11 is 0. The van der Waals surface area contributed by atoms with Crippen molar-refractivity contribution in [2.45, 2.75) is 66.3 Å². The molecule has 1 saturated heterocycles. The van der Waals surface area contributed by atoms with Crippen LogP contribution in [-0.4, -0.2) is 48.2 Å². The van der Waals surface area contributed by atoms with E-state index < -0.39 is 0 Å². The maximum absolute atomic E-state index is 12.2. The van der Waals surface area contributed by atoms with E-state index in [1.165, 1.54) is 0 Å². The summed E-state index contributed by atoms with van der Waals surface area (Å²) in [5, 5.41) is 12.8. The summed E-state index contributed by atoms with van der Waals surface area (Å²) in [6.45, 7) is 13.2. The Morgan fingerprint density at radius 2 is 1.76 bits per heavy atom. The Hall–Kier alpha value is -0.610. The second kappa shape index (κ2) is 7.59. The maximum atomic E-state index is 12.2. The average Bonchev–Trinajstić information content (AvgIpc) is 2.42. The number of rotatable bonds is 6. The molecular weight excluding hydrogens is 264 g/mol. The fourth-order valence-corrected chi connectivity index (χ4v) is 2.71. The zero-order chi connectivity index (χ0) is 16.1. The maximum Gasteiger partial charge on any atom is 0.227 e. The Balaban J connectivity index is 2.21. The second-order valence-electron chi connectivity index (χ2n) is 8.20. The highest BCUT2D eigenvalue weighted by atomic mass is 16.3. The monoisotopic (exact) mass is 298 g/mol. The number of nitrogens with one attached hydrogen (secondary N) is 1. The first-order chi connectivity index (χ1) is 9.65. The van der Waals surface area contributed by atoms with Gasteiger partial charge in [0, 0.05) is 31.2 Å². The molecule has 0 spiro atoms. The van der Waals surface area contributed by atoms with Crippen LogP contribution >= 0.6 is 0 Å². The molecule has 1 aliphatic heterocycles. The number of likely N-dealkylation sites (tertiary alicyclic amines) is 1. The molecule has 124 valence electrons. The molecule has 1 heterocycles. The van der Waals surface area contributed by atoms with Crippen LogP contribution < -0.4 is 5.32 Å². The first kappa shape index (κ1) is 18.4. The molecule has 0 aromatic carbocycles. The van der Waals surface area contributed by atoms with Crippen LogP contribution in [0.1, 0.15) is 60.3 Å². The Morgan fingerprint density at radius 3 is 2.24 bits per heavy atom. The van der Waals surface area contributed by atoms with Gasteiger partial charge >= 0.3 is 0 Å². The predicted molar refractivity (Wildman–Crippen MR) is 87.2 cm³/mol. The van der Waals surface area contributed by atoms with Gasteiger partial charge in [0.15, 0.2) is 0 Å². The minimum Gasteiger partial charge on any atom is -0.396 e. The van der Waals surface area contributed by atoms with E-state index in [4.69, 9.17) is 0 Å². The van der Waals surface area contributed by atoms with E-state index in [1.807, 2.05) is 25.7 Å². The van der Waals surface area contributed by atoms with Crippen molar-refractivity contribution in [1.29, 1.82) is 0 Å². The third kappa shape index (κ3) is 6.35. The topological polar surface area (TPSA) is 52.6 Å². The van der Waals surface area contributed by atoms with Crippen molar-refractivity contribution >= 4 is 5.91 Å². The van der Waals surface area contributed by atoms with E-state index in [1.54, 1.807) is 0 Å². The quantitative estimate of drug-likeness (QED) is 0.740. The predicted octanol–water partition coefficient (Wildman–Crippen LogP) is 2.41. The summed E-state index contributed by atoms with van der Waals surface area (Å²) in [6, 6.07) is 0.534. The average molecular weight is 298 g/mol. The van der Waals surface area contributed by atoms with Crippen LogP contribution in [-0.2, 0) is 4.79 Å². The fourth-order valence-electron chi connectivity index (χ4n) is 2.71. The van der Waals surface area contributed by atoms with Gasteiger partial charge < -0.3 is 15.3 Å². The first-order valence-corrected chi connectivity index (χ1v) is 8.29. The highest BCUT2D eigenvalue weighted by molar-refractivity contribution is 5.81. The van der Waals surface area contributed by atoms with Crippen LogP contribution in [0.2, 0.25) is 0 Å². The molecule has 0 bridgehead atoms. The third-order valence-electron chi connectivity index (χ3n) is 4.32. The van der Waals surface area contributed by atoms with Gasteiger partial charge in [0.1, 0.15) is 0 Å². The molecule has 0 aliphatic carbocycles. The number of amides is 1. The summed E-state index contributed by atoms with van der Waals surface area (Å²) in [4.78, 5) is 14.2. The van der Waals surface area contributed by atoms with Gasteiger partial charge in [-0.05, 0) is 37.6 Å². The summed E-state index contributed by atoms with van der Waals surface area (Å²) in [5.41, 5.74) is -0.236. The number of carbonyl (C=O) groups excluding carboxylic acids is 1. The summed E-state index contributed by atoms with van der Waals surface area (Å²) < 4.78 is 0. The third-order valence-corrected chi connectivity index (χ3v) is 4.32. The molecule has 0 unspecified atom stereocenters. The molecule has 4 heteroatoms. The molecule has 1 amide bonds. The lowest BCUT2D eigenvalue weighted by atomic mass is 9.89. The highest BCUT2D eigenvalue weighted by Crippen LogP contribution is 2.22. The summed E-state index contributed by atoms with van der Waals surface area (Å²) in [5.74, 6) is 0.269. The van der Waals surface area contributed by atoms with Crippen molar-refractivity contribution in [2.24, 2.45) is 10.8 Å². The van der Waals surface area contributed by atoms with E-state index >= 15 is 0 Å².